The molecule has 0 aromatic carbocycles. The number of hydrogen-bond acceptors (Lipinski definition) is 1. The van der Waals surface area contributed by atoms with Gasteiger partial charge in [-0.3, -0.25) is 0 Å². The fourth-order valence-corrected chi connectivity index (χ4v) is 1.93. The van der Waals surface area contributed by atoms with Crippen LogP contribution < -0.4 is 5.73 Å². The Hall–Kier alpha value is -1.86. The molecule has 0 saturated heterocycles. The Kier molecular flexibility index (Phi) is 2.12. The van der Waals surface area contributed by atoms with Crippen LogP contribution in [0.25, 0.3) is 0 Å². The van der Waals surface area contributed by atoms with Crippen molar-refractivity contribution in [2.75, 3.05) is 6.54 Å². The summed E-state index contributed by atoms with van der Waals surface area (Å²) in [5.41, 5.74) is 12.0. The Bertz CT molecular complexity index is 546. The Morgan fingerprint density at radius 3 is 2.31 bits per heavy atom. The second-order valence-corrected chi connectivity index (χ2v) is 4.09. The van der Waals surface area contributed by atoms with Crippen LogP contribution in [0.5, 0.6) is 0 Å². The molecule has 0 radical (unpaired) electrons. The highest BCUT2D eigenvalue weighted by atomic mass is 14.5. The Morgan fingerprint density at radius 2 is 1.81 bits per heavy atom. The van der Waals surface area contributed by atoms with E-state index in [1.807, 2.05) is 0 Å². The Morgan fingerprint density at radius 1 is 1.06 bits per heavy atom. The molecule has 1 nitrogen and oxygen atoms in total. The minimum Gasteiger partial charge on any atom is -0.326 e. The predicted octanol–water partition coefficient (Wildman–Crippen LogP) is 2.73. The summed E-state index contributed by atoms with van der Waals surface area (Å²) in [5, 5.41) is 0. The molecule has 0 spiro atoms. The first kappa shape index (κ1) is 9.37. The third-order valence-electron chi connectivity index (χ3n) is 2.98. The van der Waals surface area contributed by atoms with Crippen molar-refractivity contribution in [3.05, 3.63) is 82.5 Å². The fourth-order valence-electron chi connectivity index (χ4n) is 1.93. The van der Waals surface area contributed by atoms with Crippen LogP contribution in [0.2, 0.25) is 0 Å². The monoisotopic (exact) mass is 207 g/mol. The summed E-state index contributed by atoms with van der Waals surface area (Å²) in [5.74, 6) is 0. The second kappa shape index (κ2) is 3.62. The normalized spacial score (nSPS) is 23.4. The molecule has 0 unspecified atom stereocenters. The SMILES string of the molecule is NCC1=C/C(=C\C2=CC=C2)C(C2=CC=C2)=C1. The van der Waals surface area contributed by atoms with E-state index in [2.05, 4.69) is 54.7 Å². The average Bonchev–Trinajstić information content (AvgIpc) is 2.52. The molecule has 0 aromatic heterocycles. The van der Waals surface area contributed by atoms with E-state index in [1.165, 1.54) is 27.9 Å². The van der Waals surface area contributed by atoms with Gasteiger partial charge in [0, 0.05) is 6.54 Å². The summed E-state index contributed by atoms with van der Waals surface area (Å²) in [6, 6.07) is 0. The van der Waals surface area contributed by atoms with Crippen LogP contribution in [0.4, 0.5) is 0 Å². The number of allylic oxidation sites excluding steroid dienone is 12. The van der Waals surface area contributed by atoms with Crippen LogP contribution in [0.1, 0.15) is 0 Å². The first-order valence-electron chi connectivity index (χ1n) is 5.48. The van der Waals surface area contributed by atoms with Crippen molar-refractivity contribution in [1.29, 1.82) is 0 Å². The quantitative estimate of drug-likeness (QED) is 0.756. The molecule has 78 valence electrons. The molecular formula is C15H13N. The van der Waals surface area contributed by atoms with Crippen molar-refractivity contribution >= 4 is 0 Å². The van der Waals surface area contributed by atoms with Crippen LogP contribution >= 0.6 is 0 Å². The zero-order valence-corrected chi connectivity index (χ0v) is 8.98. The highest BCUT2D eigenvalue weighted by Gasteiger charge is 2.16. The molecule has 3 aliphatic rings. The summed E-state index contributed by atoms with van der Waals surface area (Å²) < 4.78 is 0. The van der Waals surface area contributed by atoms with Crippen LogP contribution in [0.3, 0.4) is 0 Å². The van der Waals surface area contributed by atoms with E-state index in [4.69, 9.17) is 5.73 Å². The van der Waals surface area contributed by atoms with Gasteiger partial charge < -0.3 is 5.73 Å². The van der Waals surface area contributed by atoms with E-state index in [1.54, 1.807) is 0 Å². The zero-order valence-electron chi connectivity index (χ0n) is 8.98. The highest BCUT2D eigenvalue weighted by molar-refractivity contribution is 5.69. The highest BCUT2D eigenvalue weighted by Crippen LogP contribution is 2.33. The predicted molar refractivity (Wildman–Crippen MR) is 67.7 cm³/mol. The second-order valence-electron chi connectivity index (χ2n) is 4.09. The number of nitrogens with two attached hydrogens (primary N) is 1. The van der Waals surface area contributed by atoms with E-state index in [9.17, 15) is 0 Å². The standard InChI is InChI=1S/C15H13N/c16-10-12-8-14(7-11-3-1-4-11)15(9-12)13-5-2-6-13/h1-9H,10,16H2/b14-7+. The van der Waals surface area contributed by atoms with Gasteiger partial charge in [0.05, 0.1) is 0 Å². The molecule has 3 aliphatic carbocycles. The first-order chi connectivity index (χ1) is 7.86. The van der Waals surface area contributed by atoms with Gasteiger partial charge in [0.25, 0.3) is 0 Å². The number of hydrogen-bond donors (Lipinski definition) is 1. The lowest BCUT2D eigenvalue weighted by molar-refractivity contribution is 1.19. The largest absolute Gasteiger partial charge is 0.326 e. The summed E-state index contributed by atoms with van der Waals surface area (Å²) in [4.78, 5) is 0. The molecule has 0 amide bonds. The minimum absolute atomic E-state index is 0.604. The minimum atomic E-state index is 0.604. The van der Waals surface area contributed by atoms with Gasteiger partial charge in [0.1, 0.15) is 0 Å². The van der Waals surface area contributed by atoms with Gasteiger partial charge in [-0.2, -0.15) is 0 Å². The van der Waals surface area contributed by atoms with Gasteiger partial charge in [-0.1, -0.05) is 36.5 Å². The van der Waals surface area contributed by atoms with E-state index < -0.39 is 0 Å². The molecule has 2 N–H and O–H groups in total. The van der Waals surface area contributed by atoms with Gasteiger partial charge in [-0.25, -0.2) is 0 Å². The molecule has 0 atom stereocenters. The van der Waals surface area contributed by atoms with Crippen LogP contribution in [0.15, 0.2) is 82.5 Å². The van der Waals surface area contributed by atoms with Gasteiger partial charge in [-0.05, 0) is 46.1 Å². The van der Waals surface area contributed by atoms with Gasteiger partial charge in [0.15, 0.2) is 0 Å². The molecule has 3 rings (SSSR count). The molecule has 1 heteroatoms. The van der Waals surface area contributed by atoms with Gasteiger partial charge in [-0.15, -0.1) is 0 Å². The Labute approximate surface area is 95.3 Å². The first-order valence-corrected chi connectivity index (χ1v) is 5.48. The van der Waals surface area contributed by atoms with E-state index in [0.717, 1.165) is 0 Å². The molecule has 16 heavy (non-hydrogen) atoms. The van der Waals surface area contributed by atoms with Crippen molar-refractivity contribution in [2.45, 2.75) is 0 Å². The molecule has 0 fully saturated rings. The molecular weight excluding hydrogens is 194 g/mol. The average molecular weight is 207 g/mol. The van der Waals surface area contributed by atoms with Crippen LogP contribution in [-0.4, -0.2) is 6.54 Å². The third kappa shape index (κ3) is 1.46. The molecule has 0 heterocycles. The van der Waals surface area contributed by atoms with Crippen molar-refractivity contribution in [3.8, 4) is 0 Å². The Balaban J connectivity index is 1.93. The lowest BCUT2D eigenvalue weighted by atomic mass is 9.93. The molecule has 0 saturated carbocycles. The van der Waals surface area contributed by atoms with Crippen molar-refractivity contribution < 1.29 is 0 Å². The van der Waals surface area contributed by atoms with Gasteiger partial charge >= 0.3 is 0 Å². The van der Waals surface area contributed by atoms with E-state index >= 15 is 0 Å². The molecule has 0 aliphatic heterocycles. The maximum Gasteiger partial charge on any atom is 0.0178 e. The summed E-state index contributed by atoms with van der Waals surface area (Å²) >= 11 is 0. The fraction of sp³-hybridized carbons (Fsp3) is 0.0667. The maximum absolute atomic E-state index is 5.69. The smallest absolute Gasteiger partial charge is 0.0178 e. The maximum atomic E-state index is 5.69. The van der Waals surface area contributed by atoms with Crippen LogP contribution in [-0.2, 0) is 0 Å². The van der Waals surface area contributed by atoms with Crippen LogP contribution in [0, 0.1) is 0 Å². The topological polar surface area (TPSA) is 26.0 Å². The molecule has 0 aromatic rings. The third-order valence-corrected chi connectivity index (χ3v) is 2.98. The zero-order chi connectivity index (χ0) is 11.0. The van der Waals surface area contributed by atoms with Gasteiger partial charge in [0.2, 0.25) is 0 Å². The van der Waals surface area contributed by atoms with E-state index in [-0.39, 0.29) is 0 Å². The molecule has 0 bridgehead atoms. The van der Waals surface area contributed by atoms with Crippen molar-refractivity contribution in [1.82, 2.24) is 0 Å². The lowest BCUT2D eigenvalue weighted by Crippen LogP contribution is -1.99. The van der Waals surface area contributed by atoms with Crippen molar-refractivity contribution in [2.24, 2.45) is 5.73 Å². The van der Waals surface area contributed by atoms with E-state index in [0.29, 0.717) is 6.54 Å². The number of rotatable bonds is 3. The summed E-state index contributed by atoms with van der Waals surface area (Å²) in [7, 11) is 0. The van der Waals surface area contributed by atoms with Crippen molar-refractivity contribution in [3.63, 3.8) is 0 Å². The summed E-state index contributed by atoms with van der Waals surface area (Å²) in [6.07, 6.45) is 19.2. The summed E-state index contributed by atoms with van der Waals surface area (Å²) in [6.45, 7) is 0.604. The lowest BCUT2D eigenvalue weighted by Gasteiger charge is -2.11.